The average molecular weight is 346 g/mol. The van der Waals surface area contributed by atoms with E-state index in [-0.39, 0.29) is 11.6 Å². The van der Waals surface area contributed by atoms with E-state index in [0.29, 0.717) is 28.2 Å². The van der Waals surface area contributed by atoms with Gasteiger partial charge in [-0.2, -0.15) is 0 Å². The minimum Gasteiger partial charge on any atom is -0.478 e. The lowest BCUT2D eigenvalue weighted by atomic mass is 10.1. The maximum Gasteiger partial charge on any atom is 0.335 e. The van der Waals surface area contributed by atoms with Crippen LogP contribution in [-0.4, -0.2) is 34.1 Å². The summed E-state index contributed by atoms with van der Waals surface area (Å²) >= 11 is 0. The molecule has 3 rings (SSSR count). The molecule has 0 spiro atoms. The summed E-state index contributed by atoms with van der Waals surface area (Å²) in [4.78, 5) is 26.1. The van der Waals surface area contributed by atoms with Crippen molar-refractivity contribution in [2.75, 3.05) is 11.9 Å². The Bertz CT molecular complexity index is 1020. The molecule has 0 fully saturated rings. The van der Waals surface area contributed by atoms with E-state index in [2.05, 4.69) is 4.85 Å². The largest absolute Gasteiger partial charge is 0.478 e. The minimum absolute atomic E-state index is 0.180. The first-order valence-electron chi connectivity index (χ1n) is 8.16. The number of fused-ring (bicyclic) bond motifs is 1. The molecule has 1 N–H and O–H groups in total. The maximum absolute atomic E-state index is 11.2. The third-order valence-corrected chi connectivity index (χ3v) is 4.27. The number of anilines is 1. The smallest absolute Gasteiger partial charge is 0.335 e. The molecule has 1 aromatic heterocycles. The Kier molecular flexibility index (Phi) is 4.55. The lowest BCUT2D eigenvalue weighted by Gasteiger charge is -2.25. The van der Waals surface area contributed by atoms with Crippen molar-refractivity contribution in [3.8, 4) is 11.3 Å². The number of aromatic carboxylic acids is 1. The van der Waals surface area contributed by atoms with Crippen LogP contribution >= 0.6 is 0 Å². The third-order valence-electron chi connectivity index (χ3n) is 4.27. The molecule has 0 atom stereocenters. The molecule has 6 heteroatoms. The summed E-state index contributed by atoms with van der Waals surface area (Å²) < 4.78 is 0. The fourth-order valence-corrected chi connectivity index (χ4v) is 2.56. The van der Waals surface area contributed by atoms with Gasteiger partial charge >= 0.3 is 5.97 Å². The highest BCUT2D eigenvalue weighted by atomic mass is 16.4. The van der Waals surface area contributed by atoms with E-state index in [0.717, 1.165) is 5.56 Å². The van der Waals surface area contributed by atoms with Gasteiger partial charge in [-0.05, 0) is 32.0 Å². The second-order valence-electron chi connectivity index (χ2n) is 6.27. The molecule has 0 saturated carbocycles. The van der Waals surface area contributed by atoms with E-state index >= 15 is 0 Å². The Hall–Kier alpha value is -3.46. The highest BCUT2D eigenvalue weighted by Crippen LogP contribution is 2.31. The molecule has 0 saturated heterocycles. The summed E-state index contributed by atoms with van der Waals surface area (Å²) in [5, 5.41) is 9.21. The summed E-state index contributed by atoms with van der Waals surface area (Å²) in [6, 6.07) is 12.1. The van der Waals surface area contributed by atoms with E-state index in [9.17, 15) is 9.90 Å². The molecule has 0 aliphatic rings. The van der Waals surface area contributed by atoms with Gasteiger partial charge in [0, 0.05) is 18.7 Å². The Morgan fingerprint density at radius 3 is 2.38 bits per heavy atom. The van der Waals surface area contributed by atoms with Crippen LogP contribution in [-0.2, 0) is 0 Å². The topological polar surface area (TPSA) is 70.7 Å². The van der Waals surface area contributed by atoms with Crippen molar-refractivity contribution in [2.45, 2.75) is 19.9 Å². The second kappa shape index (κ2) is 6.81. The van der Waals surface area contributed by atoms with Gasteiger partial charge in [-0.15, -0.1) is 0 Å². The van der Waals surface area contributed by atoms with Crippen molar-refractivity contribution in [3.63, 3.8) is 0 Å². The van der Waals surface area contributed by atoms with E-state index in [1.54, 1.807) is 18.2 Å². The summed E-state index contributed by atoms with van der Waals surface area (Å²) in [6.45, 7) is 11.2. The first-order valence-corrected chi connectivity index (χ1v) is 8.16. The number of aromatic nitrogens is 2. The number of rotatable bonds is 4. The normalized spacial score (nSPS) is 10.7. The molecule has 0 unspecified atom stereocenters. The second-order valence-corrected chi connectivity index (χ2v) is 6.27. The van der Waals surface area contributed by atoms with Crippen LogP contribution < -0.4 is 4.90 Å². The fourth-order valence-electron chi connectivity index (χ4n) is 2.56. The van der Waals surface area contributed by atoms with Gasteiger partial charge in [0.15, 0.2) is 11.5 Å². The highest BCUT2D eigenvalue weighted by Gasteiger charge is 2.17. The molecule has 0 aliphatic heterocycles. The third kappa shape index (κ3) is 3.20. The lowest BCUT2D eigenvalue weighted by molar-refractivity contribution is 0.0697. The van der Waals surface area contributed by atoms with Crippen LogP contribution in [0.3, 0.4) is 0 Å². The summed E-state index contributed by atoms with van der Waals surface area (Å²) in [6.07, 6.45) is 0. The Morgan fingerprint density at radius 2 is 1.81 bits per heavy atom. The van der Waals surface area contributed by atoms with Crippen LogP contribution in [0.25, 0.3) is 27.1 Å². The first kappa shape index (κ1) is 17.4. The first-order chi connectivity index (χ1) is 12.4. The molecule has 2 aromatic carbocycles. The standard InChI is InChI=1S/C20H18N4O2/c1-12(2)24(4)19-18(13-5-8-15(21-3)9-6-13)22-16-10-7-14(20(25)26)11-17(16)23-19/h5-12H,1-2,4H3,(H,25,26). The SMILES string of the molecule is [C-]#[N+]c1ccc(-c2nc3ccc(C(=O)O)cc3nc2N(C)C(C)C)cc1. The Labute approximate surface area is 151 Å². The van der Waals surface area contributed by atoms with Gasteiger partial charge in [-0.3, -0.25) is 0 Å². The Morgan fingerprint density at radius 1 is 1.12 bits per heavy atom. The molecule has 3 aromatic rings. The molecular weight excluding hydrogens is 328 g/mol. The number of hydrogen-bond acceptors (Lipinski definition) is 4. The molecule has 0 amide bonds. The van der Waals surface area contributed by atoms with Crippen molar-refractivity contribution in [1.82, 2.24) is 9.97 Å². The minimum atomic E-state index is -0.994. The van der Waals surface area contributed by atoms with E-state index < -0.39 is 5.97 Å². The van der Waals surface area contributed by atoms with E-state index in [1.807, 2.05) is 37.9 Å². The summed E-state index contributed by atoms with van der Waals surface area (Å²) in [7, 11) is 1.93. The molecule has 0 bridgehead atoms. The van der Waals surface area contributed by atoms with Crippen molar-refractivity contribution in [1.29, 1.82) is 0 Å². The number of nitrogens with zero attached hydrogens (tertiary/aromatic N) is 4. The van der Waals surface area contributed by atoms with Crippen molar-refractivity contribution < 1.29 is 9.90 Å². The van der Waals surface area contributed by atoms with E-state index in [4.69, 9.17) is 16.5 Å². The van der Waals surface area contributed by atoms with Gasteiger partial charge in [0.1, 0.15) is 5.69 Å². The lowest BCUT2D eigenvalue weighted by Crippen LogP contribution is -2.27. The predicted octanol–water partition coefficient (Wildman–Crippen LogP) is 4.39. The molecule has 26 heavy (non-hydrogen) atoms. The number of carbonyl (C=O) groups is 1. The number of hydrogen-bond donors (Lipinski definition) is 1. The predicted molar refractivity (Wildman–Crippen MR) is 102 cm³/mol. The van der Waals surface area contributed by atoms with Gasteiger partial charge in [0.2, 0.25) is 0 Å². The zero-order chi connectivity index (χ0) is 18.8. The molecule has 6 nitrogen and oxygen atoms in total. The van der Waals surface area contributed by atoms with Gasteiger partial charge in [0.05, 0.1) is 23.2 Å². The zero-order valence-electron chi connectivity index (χ0n) is 14.8. The molecule has 0 radical (unpaired) electrons. The van der Waals surface area contributed by atoms with Crippen molar-refractivity contribution in [2.24, 2.45) is 0 Å². The van der Waals surface area contributed by atoms with Crippen LogP contribution in [0.4, 0.5) is 11.5 Å². The monoisotopic (exact) mass is 346 g/mol. The van der Waals surface area contributed by atoms with Crippen molar-refractivity contribution in [3.05, 3.63) is 59.4 Å². The van der Waals surface area contributed by atoms with Crippen LogP contribution in [0, 0.1) is 6.57 Å². The average Bonchev–Trinajstić information content (AvgIpc) is 2.65. The molecule has 1 heterocycles. The quantitative estimate of drug-likeness (QED) is 0.710. The van der Waals surface area contributed by atoms with Crippen LogP contribution in [0.5, 0.6) is 0 Å². The molecular formula is C20H18N4O2. The zero-order valence-corrected chi connectivity index (χ0v) is 14.8. The van der Waals surface area contributed by atoms with Crippen LogP contribution in [0.2, 0.25) is 0 Å². The number of benzene rings is 2. The van der Waals surface area contributed by atoms with E-state index in [1.165, 1.54) is 12.1 Å². The molecule has 0 aliphatic carbocycles. The number of carboxylic acid groups (broad SMARTS) is 1. The van der Waals surface area contributed by atoms with Crippen LogP contribution in [0.1, 0.15) is 24.2 Å². The summed E-state index contributed by atoms with van der Waals surface area (Å²) in [5.41, 5.74) is 3.46. The van der Waals surface area contributed by atoms with Gasteiger partial charge < -0.3 is 10.0 Å². The van der Waals surface area contributed by atoms with Gasteiger partial charge in [0.25, 0.3) is 0 Å². The fraction of sp³-hybridized carbons (Fsp3) is 0.200. The Balaban J connectivity index is 2.24. The summed E-state index contributed by atoms with van der Waals surface area (Å²) in [5.74, 6) is -0.322. The van der Waals surface area contributed by atoms with Crippen molar-refractivity contribution >= 4 is 28.5 Å². The van der Waals surface area contributed by atoms with Gasteiger partial charge in [-0.25, -0.2) is 19.6 Å². The molecule has 130 valence electrons. The van der Waals surface area contributed by atoms with Crippen LogP contribution in [0.15, 0.2) is 42.5 Å². The maximum atomic E-state index is 11.2. The number of carboxylic acids is 1. The van der Waals surface area contributed by atoms with Gasteiger partial charge in [-0.1, -0.05) is 24.3 Å². The highest BCUT2D eigenvalue weighted by molar-refractivity contribution is 5.93.